The second-order valence-electron chi connectivity index (χ2n) is 3.75. The van der Waals surface area contributed by atoms with Gasteiger partial charge >= 0.3 is 5.97 Å². The van der Waals surface area contributed by atoms with E-state index in [2.05, 4.69) is 0 Å². The molecule has 0 amide bonds. The molecule has 1 aliphatic heterocycles. The first-order valence-electron chi connectivity index (χ1n) is 5.23. The molecule has 80 valence electrons. The number of ether oxygens (including phenoxy) is 1. The third kappa shape index (κ3) is 2.18. The second-order valence-corrected chi connectivity index (χ2v) is 3.75. The van der Waals surface area contributed by atoms with E-state index in [4.69, 9.17) is 9.84 Å². The fourth-order valence-corrected chi connectivity index (χ4v) is 1.96. The lowest BCUT2D eigenvalue weighted by Gasteiger charge is -2.24. The maximum atomic E-state index is 11.0. The largest absolute Gasteiger partial charge is 0.478 e. The van der Waals surface area contributed by atoms with E-state index < -0.39 is 5.97 Å². The van der Waals surface area contributed by atoms with Crippen LogP contribution in [0.1, 0.15) is 41.3 Å². The molecular formula is C12H14O3. The minimum atomic E-state index is -0.875. The van der Waals surface area contributed by atoms with Gasteiger partial charge in [-0.3, -0.25) is 0 Å². The van der Waals surface area contributed by atoms with Gasteiger partial charge in [0, 0.05) is 6.61 Å². The van der Waals surface area contributed by atoms with Crippen LogP contribution in [0.5, 0.6) is 0 Å². The van der Waals surface area contributed by atoms with Crippen LogP contribution < -0.4 is 0 Å². The van der Waals surface area contributed by atoms with Crippen molar-refractivity contribution in [3.63, 3.8) is 0 Å². The summed E-state index contributed by atoms with van der Waals surface area (Å²) in [5.41, 5.74) is 1.18. The molecule has 2 rings (SSSR count). The van der Waals surface area contributed by atoms with Crippen molar-refractivity contribution in [2.45, 2.75) is 25.4 Å². The molecule has 1 N–H and O–H groups in total. The predicted octanol–water partition coefficient (Wildman–Crippen LogP) is 2.63. The average Bonchev–Trinajstić information content (AvgIpc) is 2.30. The van der Waals surface area contributed by atoms with Gasteiger partial charge in [-0.15, -0.1) is 0 Å². The first-order valence-corrected chi connectivity index (χ1v) is 5.23. The van der Waals surface area contributed by atoms with Gasteiger partial charge in [0.1, 0.15) is 0 Å². The van der Waals surface area contributed by atoms with E-state index in [0.29, 0.717) is 5.56 Å². The van der Waals surface area contributed by atoms with E-state index in [9.17, 15) is 4.79 Å². The van der Waals surface area contributed by atoms with E-state index >= 15 is 0 Å². The Morgan fingerprint density at radius 3 is 2.80 bits per heavy atom. The van der Waals surface area contributed by atoms with Gasteiger partial charge in [-0.1, -0.05) is 18.2 Å². The summed E-state index contributed by atoms with van der Waals surface area (Å²) in [7, 11) is 0. The SMILES string of the molecule is O=C(O)c1ccccc1[C@@H]1CCCCO1. The van der Waals surface area contributed by atoms with E-state index in [1.165, 1.54) is 0 Å². The molecule has 1 fully saturated rings. The van der Waals surface area contributed by atoms with Gasteiger partial charge in [0.25, 0.3) is 0 Å². The van der Waals surface area contributed by atoms with Crippen molar-refractivity contribution in [2.24, 2.45) is 0 Å². The Morgan fingerprint density at radius 2 is 2.13 bits per heavy atom. The summed E-state index contributed by atoms with van der Waals surface area (Å²) in [4.78, 5) is 11.0. The maximum absolute atomic E-state index is 11.0. The molecule has 15 heavy (non-hydrogen) atoms. The number of aromatic carboxylic acids is 1. The highest BCUT2D eigenvalue weighted by atomic mass is 16.5. The Balaban J connectivity index is 2.29. The smallest absolute Gasteiger partial charge is 0.336 e. The third-order valence-electron chi connectivity index (χ3n) is 2.72. The fraction of sp³-hybridized carbons (Fsp3) is 0.417. The summed E-state index contributed by atoms with van der Waals surface area (Å²) in [5, 5.41) is 9.04. The Labute approximate surface area is 88.7 Å². The van der Waals surface area contributed by atoms with Crippen molar-refractivity contribution in [1.29, 1.82) is 0 Å². The fourth-order valence-electron chi connectivity index (χ4n) is 1.96. The molecular weight excluding hydrogens is 192 g/mol. The molecule has 1 atom stereocenters. The van der Waals surface area contributed by atoms with Crippen molar-refractivity contribution >= 4 is 5.97 Å². The summed E-state index contributed by atoms with van der Waals surface area (Å²) < 4.78 is 5.59. The van der Waals surface area contributed by atoms with Crippen LogP contribution in [0.15, 0.2) is 24.3 Å². The van der Waals surface area contributed by atoms with Crippen LogP contribution in [-0.4, -0.2) is 17.7 Å². The minimum absolute atomic E-state index is 0.0361. The summed E-state index contributed by atoms with van der Waals surface area (Å²) >= 11 is 0. The molecule has 1 aromatic rings. The summed E-state index contributed by atoms with van der Waals surface area (Å²) in [5.74, 6) is -0.875. The Morgan fingerprint density at radius 1 is 1.33 bits per heavy atom. The van der Waals surface area contributed by atoms with Crippen molar-refractivity contribution in [3.05, 3.63) is 35.4 Å². The van der Waals surface area contributed by atoms with Gasteiger partial charge in [0.2, 0.25) is 0 Å². The van der Waals surface area contributed by atoms with Gasteiger partial charge in [-0.05, 0) is 30.9 Å². The molecule has 3 nitrogen and oxygen atoms in total. The van der Waals surface area contributed by atoms with Gasteiger partial charge < -0.3 is 9.84 Å². The van der Waals surface area contributed by atoms with Crippen LogP contribution in [0.25, 0.3) is 0 Å². The van der Waals surface area contributed by atoms with Crippen molar-refractivity contribution in [2.75, 3.05) is 6.61 Å². The molecule has 3 heteroatoms. The number of carboxylic acid groups (broad SMARTS) is 1. The zero-order chi connectivity index (χ0) is 10.7. The lowest BCUT2D eigenvalue weighted by Crippen LogP contribution is -2.14. The lowest BCUT2D eigenvalue weighted by molar-refractivity contribution is 0.0139. The quantitative estimate of drug-likeness (QED) is 0.809. The first-order chi connectivity index (χ1) is 7.29. The molecule has 1 aromatic carbocycles. The topological polar surface area (TPSA) is 46.5 Å². The van der Waals surface area contributed by atoms with E-state index in [-0.39, 0.29) is 6.10 Å². The zero-order valence-corrected chi connectivity index (χ0v) is 8.48. The highest BCUT2D eigenvalue weighted by Gasteiger charge is 2.21. The number of benzene rings is 1. The molecule has 1 saturated heterocycles. The van der Waals surface area contributed by atoms with Crippen LogP contribution in [0, 0.1) is 0 Å². The van der Waals surface area contributed by atoms with Gasteiger partial charge in [0.05, 0.1) is 11.7 Å². The highest BCUT2D eigenvalue weighted by molar-refractivity contribution is 5.89. The number of carbonyl (C=O) groups is 1. The van der Waals surface area contributed by atoms with Crippen molar-refractivity contribution < 1.29 is 14.6 Å². The molecule has 0 spiro atoms. The van der Waals surface area contributed by atoms with Crippen LogP contribution in [0.2, 0.25) is 0 Å². The number of hydrogen-bond acceptors (Lipinski definition) is 2. The van der Waals surface area contributed by atoms with E-state index in [1.54, 1.807) is 12.1 Å². The number of carboxylic acids is 1. The molecule has 0 radical (unpaired) electrons. The first kappa shape index (κ1) is 10.2. The summed E-state index contributed by atoms with van der Waals surface area (Å²) in [6.07, 6.45) is 3.07. The summed E-state index contributed by atoms with van der Waals surface area (Å²) in [6, 6.07) is 7.09. The van der Waals surface area contributed by atoms with Gasteiger partial charge in [-0.25, -0.2) is 4.79 Å². The molecule has 0 unspecified atom stereocenters. The van der Waals surface area contributed by atoms with E-state index in [1.807, 2.05) is 12.1 Å². The molecule has 0 aromatic heterocycles. The summed E-state index contributed by atoms with van der Waals surface area (Å²) in [6.45, 7) is 0.735. The Bertz CT molecular complexity index is 354. The monoisotopic (exact) mass is 206 g/mol. The van der Waals surface area contributed by atoms with Crippen molar-refractivity contribution in [3.8, 4) is 0 Å². The standard InChI is InChI=1S/C12H14O3/c13-12(14)10-6-2-1-5-9(10)11-7-3-4-8-15-11/h1-2,5-6,11H,3-4,7-8H2,(H,13,14)/t11-/m0/s1. The zero-order valence-electron chi connectivity index (χ0n) is 8.48. The Hall–Kier alpha value is -1.35. The van der Waals surface area contributed by atoms with Crippen molar-refractivity contribution in [1.82, 2.24) is 0 Å². The third-order valence-corrected chi connectivity index (χ3v) is 2.72. The number of rotatable bonds is 2. The molecule has 0 aliphatic carbocycles. The molecule has 1 aliphatic rings. The van der Waals surface area contributed by atoms with Crippen LogP contribution in [-0.2, 0) is 4.74 Å². The van der Waals surface area contributed by atoms with E-state index in [0.717, 1.165) is 31.4 Å². The maximum Gasteiger partial charge on any atom is 0.336 e. The average molecular weight is 206 g/mol. The highest BCUT2D eigenvalue weighted by Crippen LogP contribution is 2.29. The minimum Gasteiger partial charge on any atom is -0.478 e. The van der Waals surface area contributed by atoms with Crippen LogP contribution in [0.3, 0.4) is 0 Å². The second kappa shape index (κ2) is 4.45. The normalized spacial score (nSPS) is 21.2. The van der Waals surface area contributed by atoms with Crippen LogP contribution >= 0.6 is 0 Å². The molecule has 0 bridgehead atoms. The van der Waals surface area contributed by atoms with Crippen LogP contribution in [0.4, 0.5) is 0 Å². The van der Waals surface area contributed by atoms with Gasteiger partial charge in [-0.2, -0.15) is 0 Å². The Kier molecular flexibility index (Phi) is 3.02. The molecule has 1 heterocycles. The van der Waals surface area contributed by atoms with Gasteiger partial charge in [0.15, 0.2) is 0 Å². The number of hydrogen-bond donors (Lipinski definition) is 1. The lowest BCUT2D eigenvalue weighted by atomic mass is 9.97. The predicted molar refractivity (Wildman–Crippen MR) is 55.9 cm³/mol. The molecule has 0 saturated carbocycles.